The summed E-state index contributed by atoms with van der Waals surface area (Å²) in [6.07, 6.45) is 7.03. The highest BCUT2D eigenvalue weighted by Crippen LogP contribution is 2.29. The average molecular weight is 287 g/mol. The Hall–Kier alpha value is -2.18. The first-order valence-electron chi connectivity index (χ1n) is 7.58. The quantitative estimate of drug-likeness (QED) is 0.838. The summed E-state index contributed by atoms with van der Waals surface area (Å²) in [6, 6.07) is 2.43. The molecule has 1 aliphatic rings. The fourth-order valence-electron chi connectivity index (χ4n) is 2.24. The summed E-state index contributed by atoms with van der Waals surface area (Å²) >= 11 is 0. The van der Waals surface area contributed by atoms with E-state index in [-0.39, 0.29) is 0 Å². The minimum absolute atomic E-state index is 0.558. The van der Waals surface area contributed by atoms with Crippen molar-refractivity contribution in [2.24, 2.45) is 0 Å². The Morgan fingerprint density at radius 1 is 1.29 bits per heavy atom. The van der Waals surface area contributed by atoms with Gasteiger partial charge in [-0.05, 0) is 32.3 Å². The van der Waals surface area contributed by atoms with Crippen LogP contribution in [-0.4, -0.2) is 43.9 Å². The summed E-state index contributed by atoms with van der Waals surface area (Å²) in [4.78, 5) is 15.8. The fraction of sp³-hybridized carbons (Fsp3) is 0.571. The van der Waals surface area contributed by atoms with Crippen molar-refractivity contribution in [3.8, 4) is 5.95 Å². The summed E-state index contributed by atoms with van der Waals surface area (Å²) in [5, 5.41) is 7.46. The Labute approximate surface area is 124 Å². The van der Waals surface area contributed by atoms with E-state index >= 15 is 0 Å². The van der Waals surface area contributed by atoms with Gasteiger partial charge in [0.1, 0.15) is 0 Å². The molecule has 21 heavy (non-hydrogen) atoms. The first kappa shape index (κ1) is 13.8. The molecule has 0 atom stereocenters. The maximum Gasteiger partial charge on any atom is 0.257 e. The van der Waals surface area contributed by atoms with Gasteiger partial charge in [0.05, 0.1) is 0 Å². The standard InChI is InChI=1S/C14H21N7/c1-3-8-15-12-17-13(20(4-2)11-6-7-11)19-14(18-12)21-10-5-9-16-21/h5,9-11H,3-4,6-8H2,1-2H3,(H,15,17,18,19). The smallest absolute Gasteiger partial charge is 0.257 e. The molecule has 0 spiro atoms. The van der Waals surface area contributed by atoms with Crippen LogP contribution in [0.4, 0.5) is 11.9 Å². The van der Waals surface area contributed by atoms with Crippen LogP contribution in [-0.2, 0) is 0 Å². The molecule has 0 amide bonds. The van der Waals surface area contributed by atoms with Gasteiger partial charge >= 0.3 is 0 Å². The van der Waals surface area contributed by atoms with E-state index in [1.165, 1.54) is 12.8 Å². The Kier molecular flexibility index (Phi) is 3.98. The molecule has 1 saturated carbocycles. The van der Waals surface area contributed by atoms with Gasteiger partial charge in [0.25, 0.3) is 5.95 Å². The molecule has 7 heteroatoms. The second kappa shape index (κ2) is 6.07. The van der Waals surface area contributed by atoms with Crippen LogP contribution in [0.25, 0.3) is 5.95 Å². The van der Waals surface area contributed by atoms with Crippen LogP contribution in [0.3, 0.4) is 0 Å². The van der Waals surface area contributed by atoms with Crippen LogP contribution >= 0.6 is 0 Å². The molecule has 0 aromatic carbocycles. The van der Waals surface area contributed by atoms with Gasteiger partial charge in [-0.2, -0.15) is 20.1 Å². The lowest BCUT2D eigenvalue weighted by Crippen LogP contribution is -2.28. The molecule has 0 bridgehead atoms. The monoisotopic (exact) mass is 287 g/mol. The van der Waals surface area contributed by atoms with Crippen molar-refractivity contribution in [3.63, 3.8) is 0 Å². The summed E-state index contributed by atoms with van der Waals surface area (Å²) < 4.78 is 1.67. The Balaban J connectivity index is 1.95. The van der Waals surface area contributed by atoms with Crippen LogP contribution in [0.1, 0.15) is 33.1 Å². The lowest BCUT2D eigenvalue weighted by atomic mass is 10.5. The van der Waals surface area contributed by atoms with E-state index in [0.717, 1.165) is 25.5 Å². The van der Waals surface area contributed by atoms with Crippen molar-refractivity contribution in [2.75, 3.05) is 23.3 Å². The van der Waals surface area contributed by atoms with Crippen molar-refractivity contribution < 1.29 is 0 Å². The molecule has 112 valence electrons. The van der Waals surface area contributed by atoms with Crippen molar-refractivity contribution in [2.45, 2.75) is 39.2 Å². The first-order chi connectivity index (χ1) is 10.3. The van der Waals surface area contributed by atoms with Crippen LogP contribution < -0.4 is 10.2 Å². The number of hydrogen-bond acceptors (Lipinski definition) is 6. The zero-order valence-corrected chi connectivity index (χ0v) is 12.5. The van der Waals surface area contributed by atoms with Crippen LogP contribution in [0, 0.1) is 0 Å². The van der Waals surface area contributed by atoms with E-state index in [1.807, 2.05) is 12.3 Å². The van der Waals surface area contributed by atoms with E-state index in [2.05, 4.69) is 44.1 Å². The molecule has 0 aliphatic heterocycles. The maximum atomic E-state index is 4.58. The molecule has 2 aromatic rings. The molecule has 0 radical (unpaired) electrons. The lowest BCUT2D eigenvalue weighted by molar-refractivity contribution is 0.745. The highest BCUT2D eigenvalue weighted by Gasteiger charge is 2.30. The Bertz CT molecular complexity index is 577. The van der Waals surface area contributed by atoms with E-state index in [4.69, 9.17) is 0 Å². The van der Waals surface area contributed by atoms with Gasteiger partial charge in [-0.1, -0.05) is 6.92 Å². The van der Waals surface area contributed by atoms with Gasteiger partial charge in [0.2, 0.25) is 11.9 Å². The van der Waals surface area contributed by atoms with Gasteiger partial charge in [-0.15, -0.1) is 0 Å². The number of nitrogens with one attached hydrogen (secondary N) is 1. The van der Waals surface area contributed by atoms with Crippen molar-refractivity contribution in [1.29, 1.82) is 0 Å². The highest BCUT2D eigenvalue weighted by atomic mass is 15.4. The number of hydrogen-bond donors (Lipinski definition) is 1. The van der Waals surface area contributed by atoms with Crippen LogP contribution in [0.15, 0.2) is 18.5 Å². The predicted molar refractivity (Wildman–Crippen MR) is 81.8 cm³/mol. The van der Waals surface area contributed by atoms with E-state index < -0.39 is 0 Å². The SMILES string of the molecule is CCCNc1nc(N(CC)C2CC2)nc(-n2cccn2)n1. The van der Waals surface area contributed by atoms with E-state index in [9.17, 15) is 0 Å². The summed E-state index contributed by atoms with van der Waals surface area (Å²) in [6.45, 7) is 6.00. The third-order valence-electron chi connectivity index (χ3n) is 3.44. The minimum Gasteiger partial charge on any atom is -0.354 e. The molecule has 0 unspecified atom stereocenters. The minimum atomic E-state index is 0.558. The molecule has 2 aromatic heterocycles. The fourth-order valence-corrected chi connectivity index (χ4v) is 2.24. The zero-order chi connectivity index (χ0) is 14.7. The van der Waals surface area contributed by atoms with E-state index in [0.29, 0.717) is 17.9 Å². The van der Waals surface area contributed by atoms with Gasteiger partial charge in [-0.25, -0.2) is 4.68 Å². The number of nitrogens with zero attached hydrogens (tertiary/aromatic N) is 6. The van der Waals surface area contributed by atoms with Crippen molar-refractivity contribution >= 4 is 11.9 Å². The van der Waals surface area contributed by atoms with Gasteiger partial charge in [0, 0.05) is 31.5 Å². The Morgan fingerprint density at radius 2 is 2.14 bits per heavy atom. The molecular formula is C14H21N7. The molecule has 3 rings (SSSR count). The second-order valence-corrected chi connectivity index (χ2v) is 5.15. The predicted octanol–water partition coefficient (Wildman–Crippen LogP) is 1.87. The highest BCUT2D eigenvalue weighted by molar-refractivity contribution is 5.42. The van der Waals surface area contributed by atoms with Gasteiger partial charge < -0.3 is 10.2 Å². The van der Waals surface area contributed by atoms with Crippen molar-refractivity contribution in [1.82, 2.24) is 24.7 Å². The van der Waals surface area contributed by atoms with E-state index in [1.54, 1.807) is 10.9 Å². The summed E-state index contributed by atoms with van der Waals surface area (Å²) in [5.41, 5.74) is 0. The molecular weight excluding hydrogens is 266 g/mol. The molecule has 0 saturated heterocycles. The zero-order valence-electron chi connectivity index (χ0n) is 12.5. The number of rotatable bonds is 7. The van der Waals surface area contributed by atoms with Gasteiger partial charge in [-0.3, -0.25) is 0 Å². The Morgan fingerprint density at radius 3 is 2.76 bits per heavy atom. The number of anilines is 2. The third kappa shape index (κ3) is 3.12. The second-order valence-electron chi connectivity index (χ2n) is 5.15. The summed E-state index contributed by atoms with van der Waals surface area (Å²) in [7, 11) is 0. The summed E-state index contributed by atoms with van der Waals surface area (Å²) in [5.74, 6) is 1.91. The largest absolute Gasteiger partial charge is 0.354 e. The molecule has 1 fully saturated rings. The normalized spacial score (nSPS) is 14.2. The van der Waals surface area contributed by atoms with Crippen LogP contribution in [0.5, 0.6) is 0 Å². The van der Waals surface area contributed by atoms with Gasteiger partial charge in [0.15, 0.2) is 0 Å². The molecule has 7 nitrogen and oxygen atoms in total. The third-order valence-corrected chi connectivity index (χ3v) is 3.44. The van der Waals surface area contributed by atoms with Crippen molar-refractivity contribution in [3.05, 3.63) is 18.5 Å². The van der Waals surface area contributed by atoms with Crippen LogP contribution in [0.2, 0.25) is 0 Å². The first-order valence-corrected chi connectivity index (χ1v) is 7.58. The molecule has 2 heterocycles. The average Bonchev–Trinajstić information content (AvgIpc) is 3.18. The molecule has 1 N–H and O–H groups in total. The topological polar surface area (TPSA) is 71.8 Å². The molecule has 1 aliphatic carbocycles. The number of aromatic nitrogens is 5. The lowest BCUT2D eigenvalue weighted by Gasteiger charge is -2.21. The maximum absolute atomic E-state index is 4.58.